The molecule has 1 amide bonds. The zero-order valence-electron chi connectivity index (χ0n) is 13.1. The first-order valence-corrected chi connectivity index (χ1v) is 7.77. The van der Waals surface area contributed by atoms with Gasteiger partial charge in [-0.05, 0) is 45.0 Å². The van der Waals surface area contributed by atoms with Crippen LogP contribution < -0.4 is 5.32 Å². The minimum absolute atomic E-state index is 0.0257. The van der Waals surface area contributed by atoms with Crippen LogP contribution in [0.25, 0.3) is 5.69 Å². The van der Waals surface area contributed by atoms with E-state index in [0.29, 0.717) is 11.7 Å². The second kappa shape index (κ2) is 6.32. The lowest BCUT2D eigenvalue weighted by Crippen LogP contribution is -2.47. The van der Waals surface area contributed by atoms with Crippen molar-refractivity contribution < 1.29 is 4.79 Å². The van der Waals surface area contributed by atoms with E-state index in [1.165, 1.54) is 0 Å². The molecule has 2 aromatic rings. The second-order valence-electron chi connectivity index (χ2n) is 5.80. The molecule has 0 saturated carbocycles. The van der Waals surface area contributed by atoms with Crippen molar-refractivity contribution in [1.82, 2.24) is 20.0 Å². The van der Waals surface area contributed by atoms with Crippen molar-refractivity contribution in [1.29, 1.82) is 0 Å². The van der Waals surface area contributed by atoms with Crippen molar-refractivity contribution in [2.75, 3.05) is 20.1 Å². The number of likely N-dealkylation sites (tertiary alicyclic amines) is 1. The predicted octanol–water partition coefficient (Wildman–Crippen LogP) is 2.00. The standard InChI is InChI=1S/C17H22N4O/c1-13-11-16(19-21(13)15-8-4-3-5-9-15)17(22)20-10-6-7-14(12-20)18-2/h3-5,8-9,11,14,18H,6-7,10,12H2,1-2H3. The fraction of sp³-hybridized carbons (Fsp3) is 0.412. The van der Waals surface area contributed by atoms with E-state index in [1.54, 1.807) is 0 Å². The van der Waals surface area contributed by atoms with Crippen LogP contribution in [0, 0.1) is 6.92 Å². The Kier molecular flexibility index (Phi) is 4.24. The average Bonchev–Trinajstić information content (AvgIpc) is 2.97. The van der Waals surface area contributed by atoms with Gasteiger partial charge < -0.3 is 10.2 Å². The molecule has 1 aromatic carbocycles. The summed E-state index contributed by atoms with van der Waals surface area (Å²) in [5, 5.41) is 7.77. The molecule has 1 saturated heterocycles. The van der Waals surface area contributed by atoms with E-state index in [2.05, 4.69) is 10.4 Å². The van der Waals surface area contributed by atoms with Crippen molar-refractivity contribution in [2.45, 2.75) is 25.8 Å². The number of aryl methyl sites for hydroxylation is 1. The van der Waals surface area contributed by atoms with E-state index in [9.17, 15) is 4.79 Å². The van der Waals surface area contributed by atoms with Crippen LogP contribution in [-0.4, -0.2) is 46.8 Å². The van der Waals surface area contributed by atoms with E-state index in [-0.39, 0.29) is 5.91 Å². The Morgan fingerprint density at radius 2 is 2.09 bits per heavy atom. The molecule has 1 aromatic heterocycles. The molecule has 1 aliphatic heterocycles. The van der Waals surface area contributed by atoms with Crippen LogP contribution in [0.3, 0.4) is 0 Å². The Bertz CT molecular complexity index is 650. The molecule has 116 valence electrons. The molecular weight excluding hydrogens is 276 g/mol. The smallest absolute Gasteiger partial charge is 0.274 e. The summed E-state index contributed by atoms with van der Waals surface area (Å²) in [5.74, 6) is 0.0257. The number of rotatable bonds is 3. The van der Waals surface area contributed by atoms with Gasteiger partial charge in [-0.15, -0.1) is 0 Å². The topological polar surface area (TPSA) is 50.2 Å². The SMILES string of the molecule is CNC1CCCN(C(=O)c2cc(C)n(-c3ccccc3)n2)C1. The van der Waals surface area contributed by atoms with Crippen molar-refractivity contribution in [3.8, 4) is 5.69 Å². The van der Waals surface area contributed by atoms with Crippen LogP contribution in [0.15, 0.2) is 36.4 Å². The van der Waals surface area contributed by atoms with Gasteiger partial charge in [0.15, 0.2) is 5.69 Å². The number of hydrogen-bond acceptors (Lipinski definition) is 3. The van der Waals surface area contributed by atoms with Gasteiger partial charge >= 0.3 is 0 Å². The molecule has 1 aliphatic rings. The Morgan fingerprint density at radius 3 is 2.82 bits per heavy atom. The number of para-hydroxylation sites is 1. The molecule has 1 atom stereocenters. The number of hydrogen-bond donors (Lipinski definition) is 1. The Balaban J connectivity index is 1.82. The number of piperidine rings is 1. The van der Waals surface area contributed by atoms with Crippen LogP contribution in [0.4, 0.5) is 0 Å². The van der Waals surface area contributed by atoms with Crippen LogP contribution in [0.5, 0.6) is 0 Å². The maximum absolute atomic E-state index is 12.7. The number of benzene rings is 1. The highest BCUT2D eigenvalue weighted by atomic mass is 16.2. The Hall–Kier alpha value is -2.14. The molecular formula is C17H22N4O. The summed E-state index contributed by atoms with van der Waals surface area (Å²) in [6.45, 7) is 3.55. The van der Waals surface area contributed by atoms with Gasteiger partial charge in [0.25, 0.3) is 5.91 Å². The van der Waals surface area contributed by atoms with E-state index in [1.807, 2.05) is 60.0 Å². The monoisotopic (exact) mass is 298 g/mol. The first kappa shape index (κ1) is 14.8. The molecule has 5 heteroatoms. The molecule has 1 fully saturated rings. The van der Waals surface area contributed by atoms with Gasteiger partial charge in [-0.1, -0.05) is 18.2 Å². The van der Waals surface area contributed by atoms with Crippen molar-refractivity contribution >= 4 is 5.91 Å². The lowest BCUT2D eigenvalue weighted by Gasteiger charge is -2.32. The third kappa shape index (κ3) is 2.90. The van der Waals surface area contributed by atoms with Gasteiger partial charge in [-0.3, -0.25) is 4.79 Å². The maximum atomic E-state index is 12.7. The van der Waals surface area contributed by atoms with Gasteiger partial charge in [0.2, 0.25) is 0 Å². The van der Waals surface area contributed by atoms with Crippen LogP contribution in [0.2, 0.25) is 0 Å². The third-order valence-corrected chi connectivity index (χ3v) is 4.22. The molecule has 1 N–H and O–H groups in total. The summed E-state index contributed by atoms with van der Waals surface area (Å²) in [6, 6.07) is 12.2. The summed E-state index contributed by atoms with van der Waals surface area (Å²) in [4.78, 5) is 14.6. The molecule has 0 bridgehead atoms. The highest BCUT2D eigenvalue weighted by Crippen LogP contribution is 2.16. The van der Waals surface area contributed by atoms with E-state index in [0.717, 1.165) is 37.3 Å². The third-order valence-electron chi connectivity index (χ3n) is 4.22. The summed E-state index contributed by atoms with van der Waals surface area (Å²) in [5.41, 5.74) is 2.47. The first-order valence-electron chi connectivity index (χ1n) is 7.77. The number of nitrogens with zero attached hydrogens (tertiary/aromatic N) is 3. The fourth-order valence-electron chi connectivity index (χ4n) is 2.97. The lowest BCUT2D eigenvalue weighted by molar-refractivity contribution is 0.0691. The normalized spacial score (nSPS) is 18.5. The molecule has 1 unspecified atom stereocenters. The summed E-state index contributed by atoms with van der Waals surface area (Å²) < 4.78 is 1.83. The van der Waals surface area contributed by atoms with Crippen molar-refractivity contribution in [3.05, 3.63) is 47.8 Å². The van der Waals surface area contributed by atoms with Crippen LogP contribution in [-0.2, 0) is 0 Å². The minimum Gasteiger partial charge on any atom is -0.336 e. The van der Waals surface area contributed by atoms with Gasteiger partial charge in [-0.25, -0.2) is 4.68 Å². The second-order valence-corrected chi connectivity index (χ2v) is 5.80. The predicted molar refractivity (Wildman–Crippen MR) is 86.3 cm³/mol. The van der Waals surface area contributed by atoms with Crippen molar-refractivity contribution in [3.63, 3.8) is 0 Å². The average molecular weight is 298 g/mol. The summed E-state index contributed by atoms with van der Waals surface area (Å²) in [7, 11) is 1.95. The number of likely N-dealkylation sites (N-methyl/N-ethyl adjacent to an activating group) is 1. The fourth-order valence-corrected chi connectivity index (χ4v) is 2.97. The van der Waals surface area contributed by atoms with Crippen LogP contribution >= 0.6 is 0 Å². The minimum atomic E-state index is 0.0257. The lowest BCUT2D eigenvalue weighted by atomic mass is 10.1. The largest absolute Gasteiger partial charge is 0.336 e. The number of carbonyl (C=O) groups is 1. The number of amides is 1. The van der Waals surface area contributed by atoms with Crippen LogP contribution in [0.1, 0.15) is 29.0 Å². The zero-order chi connectivity index (χ0) is 15.5. The first-order chi connectivity index (χ1) is 10.7. The van der Waals surface area contributed by atoms with Gasteiger partial charge in [0.1, 0.15) is 0 Å². The van der Waals surface area contributed by atoms with E-state index < -0.39 is 0 Å². The highest BCUT2D eigenvalue weighted by molar-refractivity contribution is 5.92. The number of aromatic nitrogens is 2. The maximum Gasteiger partial charge on any atom is 0.274 e. The molecule has 0 radical (unpaired) electrons. The number of nitrogens with one attached hydrogen (secondary N) is 1. The number of carbonyl (C=O) groups excluding carboxylic acids is 1. The molecule has 5 nitrogen and oxygen atoms in total. The quantitative estimate of drug-likeness (QED) is 0.943. The van der Waals surface area contributed by atoms with Gasteiger partial charge in [0.05, 0.1) is 5.69 Å². The Labute approximate surface area is 130 Å². The van der Waals surface area contributed by atoms with Gasteiger partial charge in [0, 0.05) is 24.8 Å². The summed E-state index contributed by atoms with van der Waals surface area (Å²) in [6.07, 6.45) is 2.16. The van der Waals surface area contributed by atoms with E-state index in [4.69, 9.17) is 0 Å². The van der Waals surface area contributed by atoms with E-state index >= 15 is 0 Å². The molecule has 22 heavy (non-hydrogen) atoms. The summed E-state index contributed by atoms with van der Waals surface area (Å²) >= 11 is 0. The molecule has 2 heterocycles. The zero-order valence-corrected chi connectivity index (χ0v) is 13.1. The molecule has 3 rings (SSSR count). The van der Waals surface area contributed by atoms with Crippen molar-refractivity contribution in [2.24, 2.45) is 0 Å². The van der Waals surface area contributed by atoms with Gasteiger partial charge in [-0.2, -0.15) is 5.10 Å². The highest BCUT2D eigenvalue weighted by Gasteiger charge is 2.25. The molecule has 0 aliphatic carbocycles. The Morgan fingerprint density at radius 1 is 1.32 bits per heavy atom. The molecule has 0 spiro atoms.